The molecule has 1 saturated carbocycles. The van der Waals surface area contributed by atoms with Crippen molar-refractivity contribution < 1.29 is 28.3 Å². The lowest BCUT2D eigenvalue weighted by Gasteiger charge is -2.29. The quantitative estimate of drug-likeness (QED) is 0.667. The van der Waals surface area contributed by atoms with E-state index in [1.807, 2.05) is 0 Å². The first-order valence-corrected chi connectivity index (χ1v) is 6.86. The Bertz CT molecular complexity index is 540. The molecule has 0 radical (unpaired) electrons. The van der Waals surface area contributed by atoms with E-state index in [1.165, 1.54) is 19.2 Å². The van der Waals surface area contributed by atoms with Crippen LogP contribution >= 0.6 is 0 Å². The van der Waals surface area contributed by atoms with Gasteiger partial charge >= 0.3 is 6.61 Å². The minimum absolute atomic E-state index is 0.123. The van der Waals surface area contributed by atoms with Crippen molar-refractivity contribution in [1.82, 2.24) is 0 Å². The highest BCUT2D eigenvalue weighted by molar-refractivity contribution is 5.44. The lowest BCUT2D eigenvalue weighted by atomic mass is 9.79. The number of rotatable bonds is 5. The van der Waals surface area contributed by atoms with E-state index in [2.05, 4.69) is 4.74 Å². The Labute approximate surface area is 125 Å². The van der Waals surface area contributed by atoms with Crippen molar-refractivity contribution in [2.45, 2.75) is 43.9 Å². The normalized spacial score (nSPS) is 25.0. The third-order valence-electron chi connectivity index (χ3n) is 3.89. The summed E-state index contributed by atoms with van der Waals surface area (Å²) in [6.45, 7) is -3.02. The van der Waals surface area contributed by atoms with Crippen LogP contribution < -0.4 is 9.47 Å². The number of nitrogens with zero attached hydrogens (tertiary/aromatic N) is 1. The Hall–Kier alpha value is -1.96. The molecular formula is C14H17F2NO5. The highest BCUT2D eigenvalue weighted by Crippen LogP contribution is 2.39. The molecule has 8 heteroatoms. The molecule has 1 aromatic rings. The van der Waals surface area contributed by atoms with Crippen LogP contribution in [0.2, 0.25) is 0 Å². The van der Waals surface area contributed by atoms with E-state index >= 15 is 0 Å². The zero-order chi connectivity index (χ0) is 16.3. The largest absolute Gasteiger partial charge is 0.493 e. The van der Waals surface area contributed by atoms with Crippen LogP contribution in [0.1, 0.15) is 30.7 Å². The van der Waals surface area contributed by atoms with Gasteiger partial charge in [-0.1, -0.05) is 6.07 Å². The summed E-state index contributed by atoms with van der Waals surface area (Å²) in [4.78, 5) is 10.8. The number of ether oxygens (including phenoxy) is 2. The summed E-state index contributed by atoms with van der Waals surface area (Å²) in [5, 5.41) is 20.9. The van der Waals surface area contributed by atoms with Gasteiger partial charge in [-0.25, -0.2) is 0 Å². The van der Waals surface area contributed by atoms with E-state index < -0.39 is 24.7 Å². The maximum atomic E-state index is 12.5. The SMILES string of the molecule is COc1ccc(C2CC(O)CCC2[N+](=O)[O-])cc1OC(F)F. The molecule has 2 rings (SSSR count). The molecule has 0 bridgehead atoms. The zero-order valence-corrected chi connectivity index (χ0v) is 11.9. The number of hydrogen-bond acceptors (Lipinski definition) is 5. The average molecular weight is 317 g/mol. The molecule has 3 unspecified atom stereocenters. The summed E-state index contributed by atoms with van der Waals surface area (Å²) in [6.07, 6.45) is 0.184. The third-order valence-corrected chi connectivity index (χ3v) is 3.89. The van der Waals surface area contributed by atoms with Crippen LogP contribution in [-0.4, -0.2) is 35.9 Å². The standard InChI is InChI=1S/C14H17F2NO5/c1-21-12-5-2-8(6-13(12)22-14(15)16)10-7-9(18)3-4-11(10)17(19)20/h2,5-6,9-11,14,18H,3-4,7H2,1H3. The fraction of sp³-hybridized carbons (Fsp3) is 0.571. The van der Waals surface area contributed by atoms with E-state index in [4.69, 9.17) is 4.74 Å². The smallest absolute Gasteiger partial charge is 0.387 e. The average Bonchev–Trinajstić information content (AvgIpc) is 2.46. The Balaban J connectivity index is 2.34. The monoisotopic (exact) mass is 317 g/mol. The number of hydrogen-bond donors (Lipinski definition) is 1. The molecule has 1 aliphatic carbocycles. The number of alkyl halides is 2. The molecule has 1 fully saturated rings. The predicted octanol–water partition coefficient (Wildman–Crippen LogP) is 2.57. The maximum Gasteiger partial charge on any atom is 0.387 e. The fourth-order valence-electron chi connectivity index (χ4n) is 2.85. The second-order valence-corrected chi connectivity index (χ2v) is 5.21. The fourth-order valence-corrected chi connectivity index (χ4v) is 2.85. The number of halogens is 2. The summed E-state index contributed by atoms with van der Waals surface area (Å²) >= 11 is 0. The summed E-state index contributed by atoms with van der Waals surface area (Å²) < 4.78 is 34.2. The number of benzene rings is 1. The molecule has 1 aliphatic rings. The Kier molecular flexibility index (Phi) is 5.12. The molecule has 0 heterocycles. The van der Waals surface area contributed by atoms with Gasteiger partial charge in [-0.05, 0) is 30.5 Å². The molecule has 122 valence electrons. The van der Waals surface area contributed by atoms with Crippen LogP contribution in [0, 0.1) is 10.1 Å². The van der Waals surface area contributed by atoms with Crippen molar-refractivity contribution in [2.75, 3.05) is 7.11 Å². The van der Waals surface area contributed by atoms with Gasteiger partial charge in [0.15, 0.2) is 11.5 Å². The lowest BCUT2D eigenvalue weighted by molar-refractivity contribution is -0.531. The highest BCUT2D eigenvalue weighted by Gasteiger charge is 2.38. The van der Waals surface area contributed by atoms with Crippen LogP contribution in [-0.2, 0) is 0 Å². The minimum Gasteiger partial charge on any atom is -0.493 e. The van der Waals surface area contributed by atoms with E-state index in [0.29, 0.717) is 12.0 Å². The Morgan fingerprint density at radius 1 is 1.36 bits per heavy atom. The molecule has 0 spiro atoms. The summed E-state index contributed by atoms with van der Waals surface area (Å²) in [7, 11) is 1.32. The van der Waals surface area contributed by atoms with Crippen LogP contribution in [0.15, 0.2) is 18.2 Å². The molecule has 6 nitrogen and oxygen atoms in total. The summed E-state index contributed by atoms with van der Waals surface area (Å²) in [6, 6.07) is 3.49. The van der Waals surface area contributed by atoms with E-state index in [1.54, 1.807) is 6.07 Å². The lowest BCUT2D eigenvalue weighted by Crippen LogP contribution is -2.35. The van der Waals surface area contributed by atoms with Crippen molar-refractivity contribution in [3.63, 3.8) is 0 Å². The van der Waals surface area contributed by atoms with Crippen molar-refractivity contribution >= 4 is 0 Å². The Morgan fingerprint density at radius 3 is 2.68 bits per heavy atom. The zero-order valence-electron chi connectivity index (χ0n) is 11.9. The summed E-state index contributed by atoms with van der Waals surface area (Å²) in [5.41, 5.74) is 0.483. The summed E-state index contributed by atoms with van der Waals surface area (Å²) in [5.74, 6) is -0.597. The van der Waals surface area contributed by atoms with Crippen molar-refractivity contribution in [1.29, 1.82) is 0 Å². The molecule has 0 amide bonds. The first kappa shape index (κ1) is 16.4. The molecular weight excluding hydrogens is 300 g/mol. The van der Waals surface area contributed by atoms with Gasteiger partial charge in [0.2, 0.25) is 6.04 Å². The number of aliphatic hydroxyl groups excluding tert-OH is 1. The molecule has 0 aromatic heterocycles. The Morgan fingerprint density at radius 2 is 2.09 bits per heavy atom. The first-order chi connectivity index (χ1) is 10.4. The highest BCUT2D eigenvalue weighted by atomic mass is 19.3. The topological polar surface area (TPSA) is 81.8 Å². The number of aliphatic hydroxyl groups is 1. The molecule has 1 N–H and O–H groups in total. The minimum atomic E-state index is -3.02. The van der Waals surface area contributed by atoms with E-state index in [-0.39, 0.29) is 29.3 Å². The van der Waals surface area contributed by atoms with Gasteiger partial charge < -0.3 is 14.6 Å². The van der Waals surface area contributed by atoms with Crippen molar-refractivity contribution in [2.24, 2.45) is 0 Å². The van der Waals surface area contributed by atoms with Gasteiger partial charge in [-0.15, -0.1) is 0 Å². The predicted molar refractivity (Wildman–Crippen MR) is 73.0 cm³/mol. The molecule has 0 aliphatic heterocycles. The molecule has 22 heavy (non-hydrogen) atoms. The second kappa shape index (κ2) is 6.87. The van der Waals surface area contributed by atoms with Crippen LogP contribution in [0.25, 0.3) is 0 Å². The van der Waals surface area contributed by atoms with Crippen molar-refractivity contribution in [3.05, 3.63) is 33.9 Å². The van der Waals surface area contributed by atoms with Gasteiger partial charge in [0.25, 0.3) is 0 Å². The van der Waals surface area contributed by atoms with Gasteiger partial charge in [0.1, 0.15) is 0 Å². The molecule has 3 atom stereocenters. The van der Waals surface area contributed by atoms with Gasteiger partial charge in [0, 0.05) is 11.3 Å². The first-order valence-electron chi connectivity index (χ1n) is 6.86. The molecule has 0 saturated heterocycles. The van der Waals surface area contributed by atoms with Gasteiger partial charge in [-0.3, -0.25) is 10.1 Å². The van der Waals surface area contributed by atoms with Crippen LogP contribution in [0.3, 0.4) is 0 Å². The van der Waals surface area contributed by atoms with Crippen LogP contribution in [0.4, 0.5) is 8.78 Å². The van der Waals surface area contributed by atoms with Crippen LogP contribution in [0.5, 0.6) is 11.5 Å². The number of methoxy groups -OCH3 is 1. The van der Waals surface area contributed by atoms with Crippen molar-refractivity contribution in [3.8, 4) is 11.5 Å². The number of nitro groups is 1. The van der Waals surface area contributed by atoms with E-state index in [9.17, 15) is 24.0 Å². The second-order valence-electron chi connectivity index (χ2n) is 5.21. The van der Waals surface area contributed by atoms with Gasteiger partial charge in [0.05, 0.1) is 19.1 Å². The molecule has 1 aromatic carbocycles. The van der Waals surface area contributed by atoms with Gasteiger partial charge in [-0.2, -0.15) is 8.78 Å². The maximum absolute atomic E-state index is 12.5. The third kappa shape index (κ3) is 3.62. The van der Waals surface area contributed by atoms with E-state index in [0.717, 1.165) is 0 Å².